The van der Waals surface area contributed by atoms with Crippen LogP contribution >= 0.6 is 0 Å². The Morgan fingerprint density at radius 2 is 2.25 bits per heavy atom. The predicted molar refractivity (Wildman–Crippen MR) is 37.6 cm³/mol. The quantitative estimate of drug-likeness (QED) is 0.527. The molecule has 1 heterocycles. The first kappa shape index (κ1) is 8.63. The van der Waals surface area contributed by atoms with E-state index in [4.69, 9.17) is 10.0 Å². The van der Waals surface area contributed by atoms with Gasteiger partial charge in [0.1, 0.15) is 0 Å². The van der Waals surface area contributed by atoms with Crippen molar-refractivity contribution in [2.24, 2.45) is 0 Å². The maximum absolute atomic E-state index is 10.8. The average molecular weight is 168 g/mol. The Morgan fingerprint density at radius 3 is 2.75 bits per heavy atom. The largest absolute Gasteiger partial charge is 0.709 e. The molecule has 1 rings (SSSR count). The van der Waals surface area contributed by atoms with Crippen LogP contribution in [0.4, 0.5) is 0 Å². The zero-order valence-corrected chi connectivity index (χ0v) is 5.91. The van der Waals surface area contributed by atoms with Crippen LogP contribution in [-0.2, 0) is 4.65 Å². The number of nitrogens with zero attached hydrogens (tertiary/aromatic N) is 2. The van der Waals surface area contributed by atoms with Gasteiger partial charge in [-0.15, -0.1) is 0 Å². The minimum absolute atomic E-state index is 0.0781. The number of carbonyl (C=O) groups is 1. The lowest BCUT2D eigenvalue weighted by Crippen LogP contribution is -2.22. The van der Waals surface area contributed by atoms with E-state index in [9.17, 15) is 4.79 Å². The second-order valence-corrected chi connectivity index (χ2v) is 1.82. The van der Waals surface area contributed by atoms with Gasteiger partial charge in [0.05, 0.1) is 6.20 Å². The molecule has 2 N–H and O–H groups in total. The van der Waals surface area contributed by atoms with Gasteiger partial charge in [-0.25, -0.2) is 9.78 Å². The fourth-order valence-electron chi connectivity index (χ4n) is 0.561. The average Bonchev–Trinajstić information content (AvgIpc) is 2.05. The molecule has 1 aromatic heterocycles. The van der Waals surface area contributed by atoms with Gasteiger partial charge < -0.3 is 14.7 Å². The minimum Gasteiger partial charge on any atom is -0.480 e. The Hall–Kier alpha value is -1.47. The summed E-state index contributed by atoms with van der Waals surface area (Å²) in [7, 11) is -2.13. The van der Waals surface area contributed by atoms with Crippen LogP contribution in [0.3, 0.4) is 0 Å². The number of aromatic nitrogens is 2. The molecule has 0 amide bonds. The van der Waals surface area contributed by atoms with Crippen molar-refractivity contribution >= 4 is 13.3 Å². The molecule has 0 radical (unpaired) electrons. The number of hydrogen-bond donors (Lipinski definition) is 2. The van der Waals surface area contributed by atoms with Crippen molar-refractivity contribution < 1.29 is 19.5 Å². The van der Waals surface area contributed by atoms with Crippen LogP contribution < -0.4 is 0 Å². The molecule has 0 aromatic carbocycles. The van der Waals surface area contributed by atoms with Crippen molar-refractivity contribution in [1.82, 2.24) is 9.97 Å². The molecule has 1 aromatic rings. The SMILES string of the molecule is O=C(OB(O)O)c1cnccn1. The van der Waals surface area contributed by atoms with Gasteiger partial charge in [-0.2, -0.15) is 0 Å². The highest BCUT2D eigenvalue weighted by Crippen LogP contribution is 1.93. The molecular weight excluding hydrogens is 163 g/mol. The second kappa shape index (κ2) is 3.79. The second-order valence-electron chi connectivity index (χ2n) is 1.82. The van der Waals surface area contributed by atoms with Gasteiger partial charge in [0.2, 0.25) is 0 Å². The Labute approximate surface area is 68.0 Å². The smallest absolute Gasteiger partial charge is 0.480 e. The molecule has 0 unspecified atom stereocenters. The third kappa shape index (κ3) is 2.29. The molecular formula is C5H5BN2O4. The van der Waals surface area contributed by atoms with Crippen molar-refractivity contribution in [3.63, 3.8) is 0 Å². The van der Waals surface area contributed by atoms with E-state index in [1.165, 1.54) is 12.4 Å². The van der Waals surface area contributed by atoms with Crippen molar-refractivity contribution in [2.45, 2.75) is 0 Å². The van der Waals surface area contributed by atoms with Gasteiger partial charge in [-0.3, -0.25) is 4.98 Å². The molecule has 0 fully saturated rings. The molecule has 62 valence electrons. The van der Waals surface area contributed by atoms with Crippen LogP contribution in [0.15, 0.2) is 18.6 Å². The molecule has 0 aliphatic heterocycles. The monoisotopic (exact) mass is 168 g/mol. The Bertz CT molecular complexity index is 265. The van der Waals surface area contributed by atoms with E-state index in [-0.39, 0.29) is 5.69 Å². The maximum atomic E-state index is 10.8. The van der Waals surface area contributed by atoms with Gasteiger partial charge in [0.15, 0.2) is 5.69 Å². The predicted octanol–water partition coefficient (Wildman–Crippen LogP) is -1.40. The molecule has 0 bridgehead atoms. The van der Waals surface area contributed by atoms with E-state index in [1.807, 2.05) is 0 Å². The summed E-state index contributed by atoms with van der Waals surface area (Å²) in [5.41, 5.74) is -0.0781. The van der Waals surface area contributed by atoms with Gasteiger partial charge in [0, 0.05) is 12.4 Å². The van der Waals surface area contributed by atoms with E-state index in [0.29, 0.717) is 0 Å². The number of carbonyl (C=O) groups excluding carboxylic acids is 1. The summed E-state index contributed by atoms with van der Waals surface area (Å²) in [6.45, 7) is 0. The molecule has 0 atom stereocenters. The lowest BCUT2D eigenvalue weighted by Gasteiger charge is -2.00. The van der Waals surface area contributed by atoms with Crippen molar-refractivity contribution in [1.29, 1.82) is 0 Å². The van der Waals surface area contributed by atoms with Crippen molar-refractivity contribution in [3.8, 4) is 0 Å². The van der Waals surface area contributed by atoms with Crippen LogP contribution in [0.1, 0.15) is 10.5 Å². The van der Waals surface area contributed by atoms with Crippen LogP contribution in [0.25, 0.3) is 0 Å². The van der Waals surface area contributed by atoms with Crippen molar-refractivity contribution in [3.05, 3.63) is 24.3 Å². The first-order chi connectivity index (χ1) is 5.70. The molecule has 0 saturated heterocycles. The molecule has 0 saturated carbocycles. The van der Waals surface area contributed by atoms with Gasteiger partial charge in [-0.05, 0) is 0 Å². The molecule has 0 spiro atoms. The fraction of sp³-hybridized carbons (Fsp3) is 0. The highest BCUT2D eigenvalue weighted by molar-refractivity contribution is 6.36. The van der Waals surface area contributed by atoms with E-state index < -0.39 is 13.3 Å². The fourth-order valence-corrected chi connectivity index (χ4v) is 0.561. The summed E-state index contributed by atoms with van der Waals surface area (Å²) in [4.78, 5) is 18.0. The molecule has 0 aliphatic rings. The van der Waals surface area contributed by atoms with E-state index in [0.717, 1.165) is 6.20 Å². The third-order valence-electron chi connectivity index (χ3n) is 0.985. The summed E-state index contributed by atoms with van der Waals surface area (Å²) in [5.74, 6) is -0.932. The van der Waals surface area contributed by atoms with E-state index in [2.05, 4.69) is 14.6 Å². The van der Waals surface area contributed by atoms with Crippen LogP contribution in [0, 0.1) is 0 Å². The standard InChI is InChI=1S/C5H5BN2O4/c9-5(12-6(10)11)4-3-7-1-2-8-4/h1-3,10-11H. The molecule has 12 heavy (non-hydrogen) atoms. The number of rotatable bonds is 2. The Balaban J connectivity index is 2.66. The summed E-state index contributed by atoms with van der Waals surface area (Å²) in [5, 5.41) is 16.5. The van der Waals surface area contributed by atoms with Crippen molar-refractivity contribution in [2.75, 3.05) is 0 Å². The summed E-state index contributed by atoms with van der Waals surface area (Å²) in [6.07, 6.45) is 3.83. The van der Waals surface area contributed by atoms with Crippen LogP contribution in [0.2, 0.25) is 0 Å². The van der Waals surface area contributed by atoms with Crippen LogP contribution in [-0.4, -0.2) is 33.3 Å². The van der Waals surface area contributed by atoms with Gasteiger partial charge >= 0.3 is 13.3 Å². The highest BCUT2D eigenvalue weighted by Gasteiger charge is 2.18. The normalized spacial score (nSPS) is 9.17. The third-order valence-corrected chi connectivity index (χ3v) is 0.985. The van der Waals surface area contributed by atoms with E-state index in [1.54, 1.807) is 0 Å². The number of hydrogen-bond acceptors (Lipinski definition) is 6. The van der Waals surface area contributed by atoms with Gasteiger partial charge in [0.25, 0.3) is 0 Å². The molecule has 7 heteroatoms. The zero-order valence-electron chi connectivity index (χ0n) is 5.91. The Kier molecular flexibility index (Phi) is 2.73. The highest BCUT2D eigenvalue weighted by atomic mass is 16.6. The summed E-state index contributed by atoms with van der Waals surface area (Å²) in [6, 6.07) is 0. The first-order valence-electron chi connectivity index (χ1n) is 3.03. The maximum Gasteiger partial charge on any atom is 0.709 e. The molecule has 0 aliphatic carbocycles. The minimum atomic E-state index is -2.13. The van der Waals surface area contributed by atoms with Gasteiger partial charge in [-0.1, -0.05) is 0 Å². The molecule has 6 nitrogen and oxygen atoms in total. The first-order valence-corrected chi connectivity index (χ1v) is 3.03. The lowest BCUT2D eigenvalue weighted by molar-refractivity contribution is 0.0641. The summed E-state index contributed by atoms with van der Waals surface area (Å²) >= 11 is 0. The zero-order chi connectivity index (χ0) is 8.97. The van der Waals surface area contributed by atoms with E-state index >= 15 is 0 Å². The summed E-state index contributed by atoms with van der Waals surface area (Å²) < 4.78 is 4.01. The van der Waals surface area contributed by atoms with Crippen LogP contribution in [0.5, 0.6) is 0 Å². The topological polar surface area (TPSA) is 92.5 Å². The Morgan fingerprint density at radius 1 is 1.50 bits per heavy atom. The lowest BCUT2D eigenvalue weighted by atomic mass is 10.2.